The van der Waals surface area contributed by atoms with Crippen molar-refractivity contribution in [2.75, 3.05) is 0 Å². The molecule has 2 aromatic heterocycles. The lowest BCUT2D eigenvalue weighted by Gasteiger charge is -1.89. The molecule has 0 saturated carbocycles. The zero-order chi connectivity index (χ0) is 9.10. The van der Waals surface area contributed by atoms with Crippen molar-refractivity contribution in [2.24, 2.45) is 5.73 Å². The van der Waals surface area contributed by atoms with Crippen LogP contribution in [0.1, 0.15) is 5.76 Å². The highest BCUT2D eigenvalue weighted by atomic mass is 32.2. The maximum atomic E-state index is 5.41. The molecule has 0 aliphatic heterocycles. The molecule has 0 radical (unpaired) electrons. The molecule has 0 saturated heterocycles. The van der Waals surface area contributed by atoms with Gasteiger partial charge in [-0.2, -0.15) is 0 Å². The summed E-state index contributed by atoms with van der Waals surface area (Å²) >= 11 is 2.94. The van der Waals surface area contributed by atoms with E-state index in [0.29, 0.717) is 6.54 Å². The first-order chi connectivity index (χ1) is 6.38. The summed E-state index contributed by atoms with van der Waals surface area (Å²) in [7, 11) is 0. The Hall–Kier alpha value is -0.850. The van der Waals surface area contributed by atoms with Crippen molar-refractivity contribution >= 4 is 23.1 Å². The lowest BCUT2D eigenvalue weighted by molar-refractivity contribution is 0.433. The predicted molar refractivity (Wildman–Crippen MR) is 50.6 cm³/mol. The van der Waals surface area contributed by atoms with Crippen molar-refractivity contribution in [1.82, 2.24) is 10.2 Å². The minimum Gasteiger partial charge on any atom is -0.453 e. The van der Waals surface area contributed by atoms with E-state index in [9.17, 15) is 0 Å². The number of hydrogen-bond donors (Lipinski definition) is 1. The van der Waals surface area contributed by atoms with Crippen LogP contribution in [-0.2, 0) is 6.54 Å². The van der Waals surface area contributed by atoms with Gasteiger partial charge in [0.1, 0.15) is 11.3 Å². The van der Waals surface area contributed by atoms with Crippen LogP contribution in [-0.4, -0.2) is 10.2 Å². The molecule has 0 spiro atoms. The highest BCUT2D eigenvalue weighted by Gasteiger charge is 2.04. The SMILES string of the molecule is NCc1ccc(Sc2nncs2)o1. The van der Waals surface area contributed by atoms with Gasteiger partial charge in [-0.3, -0.25) is 0 Å². The van der Waals surface area contributed by atoms with Crippen LogP contribution in [0.5, 0.6) is 0 Å². The number of furan rings is 1. The minimum atomic E-state index is 0.427. The van der Waals surface area contributed by atoms with Crippen LogP contribution in [0.3, 0.4) is 0 Å². The van der Waals surface area contributed by atoms with Crippen molar-refractivity contribution in [3.8, 4) is 0 Å². The van der Waals surface area contributed by atoms with Crippen molar-refractivity contribution in [3.63, 3.8) is 0 Å². The summed E-state index contributed by atoms with van der Waals surface area (Å²) in [4.78, 5) is 0. The van der Waals surface area contributed by atoms with E-state index in [2.05, 4.69) is 10.2 Å². The Morgan fingerprint density at radius 1 is 1.54 bits per heavy atom. The second-order valence-corrected chi connectivity index (χ2v) is 4.32. The maximum absolute atomic E-state index is 5.41. The maximum Gasteiger partial charge on any atom is 0.181 e. The van der Waals surface area contributed by atoms with Crippen LogP contribution in [0, 0.1) is 0 Å². The van der Waals surface area contributed by atoms with Gasteiger partial charge in [0.15, 0.2) is 9.43 Å². The molecule has 2 heterocycles. The molecule has 2 aromatic rings. The molecule has 2 rings (SSSR count). The summed E-state index contributed by atoms with van der Waals surface area (Å²) in [5, 5.41) is 8.42. The summed E-state index contributed by atoms with van der Waals surface area (Å²) < 4.78 is 6.26. The van der Waals surface area contributed by atoms with Crippen molar-refractivity contribution < 1.29 is 4.42 Å². The molecule has 68 valence electrons. The van der Waals surface area contributed by atoms with Gasteiger partial charge >= 0.3 is 0 Å². The second-order valence-electron chi connectivity index (χ2n) is 2.23. The number of rotatable bonds is 3. The zero-order valence-electron chi connectivity index (χ0n) is 6.64. The molecule has 0 bridgehead atoms. The molecular formula is C7H7N3OS2. The minimum absolute atomic E-state index is 0.427. The van der Waals surface area contributed by atoms with E-state index in [-0.39, 0.29) is 0 Å². The fourth-order valence-electron chi connectivity index (χ4n) is 0.816. The average molecular weight is 213 g/mol. The molecule has 13 heavy (non-hydrogen) atoms. The van der Waals surface area contributed by atoms with E-state index in [4.69, 9.17) is 10.2 Å². The first-order valence-electron chi connectivity index (χ1n) is 3.61. The standard InChI is InChI=1S/C7H7N3OS2/c8-3-5-1-2-6(11-5)13-7-10-9-4-12-7/h1-2,4H,3,8H2. The van der Waals surface area contributed by atoms with Crippen molar-refractivity contribution in [1.29, 1.82) is 0 Å². The second kappa shape index (κ2) is 3.91. The highest BCUT2D eigenvalue weighted by Crippen LogP contribution is 2.29. The van der Waals surface area contributed by atoms with Crippen molar-refractivity contribution in [2.45, 2.75) is 16.0 Å². The third-order valence-corrected chi connectivity index (χ3v) is 3.06. The monoisotopic (exact) mass is 213 g/mol. The molecule has 0 aliphatic rings. The van der Waals surface area contributed by atoms with E-state index in [1.165, 1.54) is 23.1 Å². The van der Waals surface area contributed by atoms with Gasteiger partial charge in [0, 0.05) is 0 Å². The summed E-state index contributed by atoms with van der Waals surface area (Å²) in [6.07, 6.45) is 0. The molecular weight excluding hydrogens is 206 g/mol. The molecule has 0 unspecified atom stereocenters. The molecule has 2 N–H and O–H groups in total. The summed E-state index contributed by atoms with van der Waals surface area (Å²) in [5.41, 5.74) is 7.10. The molecule has 0 aliphatic carbocycles. The van der Waals surface area contributed by atoms with Crippen LogP contribution >= 0.6 is 23.1 Å². The third-order valence-electron chi connectivity index (χ3n) is 1.37. The third kappa shape index (κ3) is 2.09. The molecule has 0 amide bonds. The molecule has 0 atom stereocenters. The van der Waals surface area contributed by atoms with Gasteiger partial charge in [0.2, 0.25) is 0 Å². The Morgan fingerprint density at radius 2 is 2.46 bits per heavy atom. The quantitative estimate of drug-likeness (QED) is 0.841. The smallest absolute Gasteiger partial charge is 0.181 e. The Labute approximate surface area is 83.2 Å². The van der Waals surface area contributed by atoms with Crippen LogP contribution in [0.2, 0.25) is 0 Å². The number of aromatic nitrogens is 2. The van der Waals surface area contributed by atoms with Crippen LogP contribution in [0.25, 0.3) is 0 Å². The van der Waals surface area contributed by atoms with Gasteiger partial charge in [-0.25, -0.2) is 0 Å². The van der Waals surface area contributed by atoms with E-state index in [1.807, 2.05) is 12.1 Å². The predicted octanol–water partition coefficient (Wildman–Crippen LogP) is 1.74. The Morgan fingerprint density at radius 3 is 3.08 bits per heavy atom. The molecule has 0 aromatic carbocycles. The fourth-order valence-corrected chi connectivity index (χ4v) is 2.21. The van der Waals surface area contributed by atoms with Gasteiger partial charge in [-0.15, -0.1) is 10.2 Å². The lowest BCUT2D eigenvalue weighted by atomic mass is 10.5. The van der Waals surface area contributed by atoms with E-state index in [1.54, 1.807) is 5.51 Å². The summed E-state index contributed by atoms with van der Waals surface area (Å²) in [5.74, 6) is 0.784. The zero-order valence-corrected chi connectivity index (χ0v) is 8.27. The largest absolute Gasteiger partial charge is 0.453 e. The topological polar surface area (TPSA) is 64.9 Å². The van der Waals surface area contributed by atoms with Gasteiger partial charge in [0.25, 0.3) is 0 Å². The van der Waals surface area contributed by atoms with E-state index < -0.39 is 0 Å². The Bertz CT molecular complexity index is 371. The number of hydrogen-bond acceptors (Lipinski definition) is 6. The number of nitrogens with two attached hydrogens (primary N) is 1. The van der Waals surface area contributed by atoms with E-state index in [0.717, 1.165) is 15.2 Å². The Balaban J connectivity index is 2.10. The van der Waals surface area contributed by atoms with Gasteiger partial charge in [0.05, 0.1) is 6.54 Å². The van der Waals surface area contributed by atoms with Gasteiger partial charge in [-0.05, 0) is 23.9 Å². The van der Waals surface area contributed by atoms with Gasteiger partial charge in [-0.1, -0.05) is 11.3 Å². The molecule has 6 heteroatoms. The van der Waals surface area contributed by atoms with Crippen LogP contribution in [0.4, 0.5) is 0 Å². The average Bonchev–Trinajstić information content (AvgIpc) is 2.76. The molecule has 0 fully saturated rings. The Kier molecular flexibility index (Phi) is 2.62. The van der Waals surface area contributed by atoms with Crippen LogP contribution < -0.4 is 5.73 Å². The molecule has 4 nitrogen and oxygen atoms in total. The fraction of sp³-hybridized carbons (Fsp3) is 0.143. The lowest BCUT2D eigenvalue weighted by Crippen LogP contribution is -1.92. The highest BCUT2D eigenvalue weighted by molar-refractivity contribution is 8.00. The first kappa shape index (κ1) is 8.74. The van der Waals surface area contributed by atoms with E-state index >= 15 is 0 Å². The van der Waals surface area contributed by atoms with Crippen LogP contribution in [0.15, 0.2) is 31.5 Å². The normalized spacial score (nSPS) is 10.5. The summed E-state index contributed by atoms with van der Waals surface area (Å²) in [6.45, 7) is 0.427. The first-order valence-corrected chi connectivity index (χ1v) is 5.31. The van der Waals surface area contributed by atoms with Gasteiger partial charge < -0.3 is 10.2 Å². The van der Waals surface area contributed by atoms with Crippen molar-refractivity contribution in [3.05, 3.63) is 23.4 Å². The number of nitrogens with zero attached hydrogens (tertiary/aromatic N) is 2. The summed E-state index contributed by atoms with van der Waals surface area (Å²) in [6, 6.07) is 3.75.